The minimum absolute atomic E-state index is 0.0510. The molecule has 0 bridgehead atoms. The van der Waals surface area contributed by atoms with Crippen LogP contribution in [0.2, 0.25) is 0 Å². The van der Waals surface area contributed by atoms with Gasteiger partial charge in [-0.25, -0.2) is 9.97 Å². The van der Waals surface area contributed by atoms with Crippen molar-refractivity contribution < 1.29 is 9.53 Å². The van der Waals surface area contributed by atoms with Gasteiger partial charge < -0.3 is 15.0 Å². The molecule has 7 nitrogen and oxygen atoms in total. The van der Waals surface area contributed by atoms with Crippen LogP contribution >= 0.6 is 0 Å². The van der Waals surface area contributed by atoms with E-state index in [1.54, 1.807) is 19.5 Å². The van der Waals surface area contributed by atoms with Crippen molar-refractivity contribution >= 4 is 17.5 Å². The maximum atomic E-state index is 13.0. The number of methoxy groups -OCH3 is 1. The van der Waals surface area contributed by atoms with Gasteiger partial charge in [-0.3, -0.25) is 9.78 Å². The molecule has 31 heavy (non-hydrogen) atoms. The number of anilines is 2. The Balaban J connectivity index is 1.44. The molecule has 1 fully saturated rings. The second kappa shape index (κ2) is 9.55. The van der Waals surface area contributed by atoms with Gasteiger partial charge in [0.25, 0.3) is 0 Å². The number of rotatable bonds is 7. The van der Waals surface area contributed by atoms with Crippen molar-refractivity contribution in [2.45, 2.75) is 38.6 Å². The Morgan fingerprint density at radius 3 is 2.84 bits per heavy atom. The first-order valence-electron chi connectivity index (χ1n) is 10.6. The topological polar surface area (TPSA) is 80.2 Å². The van der Waals surface area contributed by atoms with Gasteiger partial charge in [0, 0.05) is 18.7 Å². The molecule has 0 aliphatic carbocycles. The van der Waals surface area contributed by atoms with Crippen LogP contribution in [-0.4, -0.2) is 39.4 Å². The fourth-order valence-electron chi connectivity index (χ4n) is 4.01. The molecule has 4 rings (SSSR count). The quantitative estimate of drug-likeness (QED) is 0.620. The number of nitrogens with zero attached hydrogens (tertiary/aromatic N) is 4. The van der Waals surface area contributed by atoms with E-state index in [-0.39, 0.29) is 11.9 Å². The van der Waals surface area contributed by atoms with E-state index < -0.39 is 0 Å². The summed E-state index contributed by atoms with van der Waals surface area (Å²) in [5.41, 5.74) is 2.78. The molecule has 1 aliphatic heterocycles. The number of hydrogen-bond donors (Lipinski definition) is 1. The number of amides is 1. The summed E-state index contributed by atoms with van der Waals surface area (Å²) in [6, 6.07) is 13.6. The van der Waals surface area contributed by atoms with Gasteiger partial charge in [0.2, 0.25) is 5.91 Å². The highest BCUT2D eigenvalue weighted by atomic mass is 16.5. The molecule has 1 saturated heterocycles. The van der Waals surface area contributed by atoms with Crippen LogP contribution in [0.1, 0.15) is 42.3 Å². The lowest BCUT2D eigenvalue weighted by atomic mass is 10.1. The maximum absolute atomic E-state index is 13.0. The Labute approximate surface area is 182 Å². The molecule has 7 heteroatoms. The lowest BCUT2D eigenvalue weighted by Gasteiger charge is -2.24. The average Bonchev–Trinajstić information content (AvgIpc) is 3.28. The van der Waals surface area contributed by atoms with Crippen LogP contribution in [0, 0.1) is 6.92 Å². The highest BCUT2D eigenvalue weighted by molar-refractivity contribution is 5.77. The van der Waals surface area contributed by atoms with Gasteiger partial charge in [0.05, 0.1) is 31.2 Å². The van der Waals surface area contributed by atoms with Gasteiger partial charge in [-0.05, 0) is 49.9 Å². The van der Waals surface area contributed by atoms with Crippen molar-refractivity contribution in [2.75, 3.05) is 19.0 Å². The summed E-state index contributed by atoms with van der Waals surface area (Å²) in [6.07, 6.45) is 6.38. The lowest BCUT2D eigenvalue weighted by Crippen LogP contribution is -2.31. The molecule has 0 saturated carbocycles. The SMILES string of the molecule is COc1ccccc1CCC(=O)N1CCC[C@@H]1c1cncc(Nc2cccc(C)n2)n1. The van der Waals surface area contributed by atoms with Crippen LogP contribution in [0.15, 0.2) is 54.9 Å². The van der Waals surface area contributed by atoms with Crippen LogP contribution in [0.5, 0.6) is 5.75 Å². The van der Waals surface area contributed by atoms with Crippen molar-refractivity contribution in [3.63, 3.8) is 0 Å². The third-order valence-electron chi connectivity index (χ3n) is 5.51. The van der Waals surface area contributed by atoms with Crippen LogP contribution in [0.25, 0.3) is 0 Å². The molecule has 0 unspecified atom stereocenters. The van der Waals surface area contributed by atoms with E-state index in [2.05, 4.69) is 15.3 Å². The molecular formula is C24H27N5O2. The number of aromatic nitrogens is 3. The van der Waals surface area contributed by atoms with Crippen LogP contribution in [-0.2, 0) is 11.2 Å². The highest BCUT2D eigenvalue weighted by Crippen LogP contribution is 2.32. The number of para-hydroxylation sites is 1. The first-order chi connectivity index (χ1) is 15.1. The smallest absolute Gasteiger partial charge is 0.223 e. The van der Waals surface area contributed by atoms with E-state index in [0.717, 1.165) is 47.9 Å². The zero-order chi connectivity index (χ0) is 21.6. The first kappa shape index (κ1) is 20.8. The largest absolute Gasteiger partial charge is 0.496 e. The molecule has 1 aromatic carbocycles. The molecule has 0 radical (unpaired) electrons. The summed E-state index contributed by atoms with van der Waals surface area (Å²) in [6.45, 7) is 2.69. The molecule has 2 aromatic heterocycles. The second-order valence-corrected chi connectivity index (χ2v) is 7.68. The molecule has 1 atom stereocenters. The summed E-state index contributed by atoms with van der Waals surface area (Å²) < 4.78 is 5.41. The Morgan fingerprint density at radius 2 is 2.00 bits per heavy atom. The number of carbonyl (C=O) groups is 1. The van der Waals surface area contributed by atoms with Crippen molar-refractivity contribution in [3.05, 3.63) is 71.8 Å². The minimum Gasteiger partial charge on any atom is -0.496 e. The Hall–Kier alpha value is -3.48. The van der Waals surface area contributed by atoms with Gasteiger partial charge in [-0.2, -0.15) is 0 Å². The van der Waals surface area contributed by atoms with Crippen LogP contribution in [0.4, 0.5) is 11.6 Å². The normalized spacial score (nSPS) is 15.7. The molecule has 0 spiro atoms. The Morgan fingerprint density at radius 1 is 1.13 bits per heavy atom. The van der Waals surface area contributed by atoms with Crippen LogP contribution in [0.3, 0.4) is 0 Å². The maximum Gasteiger partial charge on any atom is 0.223 e. The number of ether oxygens (including phenoxy) is 1. The predicted molar refractivity (Wildman–Crippen MR) is 119 cm³/mol. The average molecular weight is 418 g/mol. The zero-order valence-electron chi connectivity index (χ0n) is 17.9. The van der Waals surface area contributed by atoms with Gasteiger partial charge in [0.15, 0.2) is 0 Å². The molecule has 160 valence electrons. The van der Waals surface area contributed by atoms with Gasteiger partial charge in [-0.15, -0.1) is 0 Å². The van der Waals surface area contributed by atoms with E-state index in [4.69, 9.17) is 9.72 Å². The van der Waals surface area contributed by atoms with Crippen molar-refractivity contribution in [1.82, 2.24) is 19.9 Å². The standard InChI is InChI=1S/C24H27N5O2/c1-17-7-5-11-22(26-17)28-23-16-25-15-19(27-23)20-9-6-14-29(20)24(30)13-12-18-8-3-4-10-21(18)31-2/h3-5,7-8,10-11,15-16,20H,6,9,12-14H2,1-2H3,(H,26,27,28)/t20-/m1/s1. The molecular weight excluding hydrogens is 390 g/mol. The molecule has 3 aromatic rings. The minimum atomic E-state index is -0.0510. The number of hydrogen-bond acceptors (Lipinski definition) is 6. The molecule has 1 aliphatic rings. The van der Waals surface area contributed by atoms with Crippen LogP contribution < -0.4 is 10.1 Å². The first-order valence-corrected chi connectivity index (χ1v) is 10.6. The lowest BCUT2D eigenvalue weighted by molar-refractivity contribution is -0.132. The highest BCUT2D eigenvalue weighted by Gasteiger charge is 2.31. The molecule has 1 amide bonds. The van der Waals surface area contributed by atoms with Crippen molar-refractivity contribution in [3.8, 4) is 5.75 Å². The summed E-state index contributed by atoms with van der Waals surface area (Å²) in [5, 5.41) is 3.21. The summed E-state index contributed by atoms with van der Waals surface area (Å²) in [7, 11) is 1.66. The van der Waals surface area contributed by atoms with Gasteiger partial charge in [-0.1, -0.05) is 24.3 Å². The number of benzene rings is 1. The molecule has 1 N–H and O–H groups in total. The number of aryl methyl sites for hydroxylation is 2. The van der Waals surface area contributed by atoms with Crippen molar-refractivity contribution in [2.24, 2.45) is 0 Å². The third kappa shape index (κ3) is 4.99. The Bertz CT molecular complexity index is 1060. The number of pyridine rings is 1. The van der Waals surface area contributed by atoms with Crippen molar-refractivity contribution in [1.29, 1.82) is 0 Å². The zero-order valence-corrected chi connectivity index (χ0v) is 17.9. The third-order valence-corrected chi connectivity index (χ3v) is 5.51. The number of likely N-dealkylation sites (tertiary alicyclic amines) is 1. The van der Waals surface area contributed by atoms with E-state index in [1.807, 2.05) is 54.3 Å². The van der Waals surface area contributed by atoms with E-state index >= 15 is 0 Å². The summed E-state index contributed by atoms with van der Waals surface area (Å²) >= 11 is 0. The van der Waals surface area contributed by atoms with E-state index in [0.29, 0.717) is 18.7 Å². The molecule has 3 heterocycles. The summed E-state index contributed by atoms with van der Waals surface area (Å²) in [4.78, 5) is 28.5. The fraction of sp³-hybridized carbons (Fsp3) is 0.333. The number of carbonyl (C=O) groups excluding carboxylic acids is 1. The monoisotopic (exact) mass is 417 g/mol. The van der Waals surface area contributed by atoms with Gasteiger partial charge >= 0.3 is 0 Å². The number of nitrogens with one attached hydrogen (secondary N) is 1. The van der Waals surface area contributed by atoms with E-state index in [1.165, 1.54) is 0 Å². The summed E-state index contributed by atoms with van der Waals surface area (Å²) in [5.74, 6) is 2.31. The van der Waals surface area contributed by atoms with E-state index in [9.17, 15) is 4.79 Å². The fourth-order valence-corrected chi connectivity index (χ4v) is 4.01. The van der Waals surface area contributed by atoms with Gasteiger partial charge in [0.1, 0.15) is 17.4 Å². The predicted octanol–water partition coefficient (Wildman–Crippen LogP) is 4.23. The Kier molecular flexibility index (Phi) is 6.40. The second-order valence-electron chi connectivity index (χ2n) is 7.68.